The zero-order valence-corrected chi connectivity index (χ0v) is 9.84. The minimum absolute atomic E-state index is 0.0731. The molecule has 7 heteroatoms. The average Bonchev–Trinajstić information content (AvgIpc) is 2.24. The third-order valence-electron chi connectivity index (χ3n) is 1.99. The summed E-state index contributed by atoms with van der Waals surface area (Å²) in [6, 6.07) is 2.34. The summed E-state index contributed by atoms with van der Waals surface area (Å²) in [7, 11) is -3.80. The van der Waals surface area contributed by atoms with Crippen LogP contribution in [0.1, 0.15) is 0 Å². The molecule has 0 aromatic heterocycles. The molecule has 0 saturated heterocycles. The van der Waals surface area contributed by atoms with E-state index in [1.54, 1.807) is 0 Å². The molecule has 2 N–H and O–H groups in total. The van der Waals surface area contributed by atoms with Gasteiger partial charge in [-0.2, -0.15) is 0 Å². The van der Waals surface area contributed by atoms with Crippen molar-refractivity contribution >= 4 is 9.84 Å². The third kappa shape index (κ3) is 4.03. The van der Waals surface area contributed by atoms with E-state index in [4.69, 9.17) is 10.5 Å². The van der Waals surface area contributed by atoms with Crippen molar-refractivity contribution in [3.63, 3.8) is 0 Å². The first-order valence-corrected chi connectivity index (χ1v) is 6.58. The van der Waals surface area contributed by atoms with Gasteiger partial charge >= 0.3 is 0 Å². The van der Waals surface area contributed by atoms with Crippen molar-refractivity contribution in [2.24, 2.45) is 5.73 Å². The van der Waals surface area contributed by atoms with Gasteiger partial charge < -0.3 is 10.5 Å². The number of sulfone groups is 1. The Bertz CT molecular complexity index is 476. The van der Waals surface area contributed by atoms with Gasteiger partial charge in [-0.1, -0.05) is 0 Å². The molecule has 0 heterocycles. The molecular formula is C10H13F2NO3S. The maximum Gasteiger partial charge on any atom is 0.183 e. The highest BCUT2D eigenvalue weighted by atomic mass is 32.2. The number of halogens is 2. The predicted octanol–water partition coefficient (Wildman–Crippen LogP) is 0.714. The van der Waals surface area contributed by atoms with Crippen LogP contribution in [0, 0.1) is 11.6 Å². The minimum Gasteiger partial charge on any atom is -0.379 e. The largest absolute Gasteiger partial charge is 0.379 e. The Morgan fingerprint density at radius 2 is 1.94 bits per heavy atom. The summed E-state index contributed by atoms with van der Waals surface area (Å²) < 4.78 is 54.1. The first-order chi connectivity index (χ1) is 7.97. The summed E-state index contributed by atoms with van der Waals surface area (Å²) in [4.78, 5) is -0.518. The Labute approximate surface area is 98.3 Å². The van der Waals surface area contributed by atoms with Crippen molar-refractivity contribution < 1.29 is 21.9 Å². The molecule has 0 radical (unpaired) electrons. The third-order valence-corrected chi connectivity index (χ3v) is 3.69. The van der Waals surface area contributed by atoms with Gasteiger partial charge in [0.05, 0.1) is 19.0 Å². The standard InChI is InChI=1S/C10H13F2NO3S/c11-8-1-2-10(9(12)7-8)17(14,15)6-5-16-4-3-13/h1-2,7H,3-6,13H2. The van der Waals surface area contributed by atoms with Gasteiger partial charge in [0.2, 0.25) is 0 Å². The summed E-state index contributed by atoms with van der Waals surface area (Å²) >= 11 is 0. The molecule has 0 saturated carbocycles. The molecule has 0 atom stereocenters. The molecule has 1 aromatic carbocycles. The second kappa shape index (κ2) is 6.04. The molecule has 0 unspecified atom stereocenters. The lowest BCUT2D eigenvalue weighted by molar-refractivity contribution is 0.157. The van der Waals surface area contributed by atoms with Crippen LogP contribution < -0.4 is 5.73 Å². The summed E-state index contributed by atoms with van der Waals surface area (Å²) in [5, 5.41) is 0. The zero-order valence-electron chi connectivity index (χ0n) is 9.03. The summed E-state index contributed by atoms with van der Waals surface area (Å²) in [5.41, 5.74) is 5.15. The normalized spacial score (nSPS) is 11.7. The number of hydrogen-bond donors (Lipinski definition) is 1. The van der Waals surface area contributed by atoms with Crippen molar-refractivity contribution in [2.75, 3.05) is 25.5 Å². The molecule has 1 rings (SSSR count). The van der Waals surface area contributed by atoms with Crippen LogP contribution in [0.5, 0.6) is 0 Å². The average molecular weight is 265 g/mol. The second-order valence-corrected chi connectivity index (χ2v) is 5.37. The van der Waals surface area contributed by atoms with Gasteiger partial charge in [0.15, 0.2) is 9.84 Å². The van der Waals surface area contributed by atoms with Gasteiger partial charge in [-0.15, -0.1) is 0 Å². The zero-order chi connectivity index (χ0) is 12.9. The number of benzene rings is 1. The first-order valence-electron chi connectivity index (χ1n) is 4.93. The Hall–Kier alpha value is -1.05. The molecule has 4 nitrogen and oxygen atoms in total. The van der Waals surface area contributed by atoms with E-state index in [9.17, 15) is 17.2 Å². The topological polar surface area (TPSA) is 69.4 Å². The molecule has 0 aliphatic rings. The second-order valence-electron chi connectivity index (χ2n) is 3.29. The van der Waals surface area contributed by atoms with Crippen LogP contribution in [-0.4, -0.2) is 33.9 Å². The monoisotopic (exact) mass is 265 g/mol. The van der Waals surface area contributed by atoms with Gasteiger partial charge in [-0.25, -0.2) is 17.2 Å². The van der Waals surface area contributed by atoms with E-state index < -0.39 is 26.4 Å². The fourth-order valence-electron chi connectivity index (χ4n) is 1.19. The summed E-state index contributed by atoms with van der Waals surface area (Å²) in [6.45, 7) is 0.447. The highest BCUT2D eigenvalue weighted by Gasteiger charge is 2.19. The van der Waals surface area contributed by atoms with E-state index in [-0.39, 0.29) is 25.5 Å². The predicted molar refractivity (Wildman–Crippen MR) is 58.3 cm³/mol. The molecule has 0 aliphatic carbocycles. The SMILES string of the molecule is NCCOCCS(=O)(=O)c1ccc(F)cc1F. The molecule has 0 bridgehead atoms. The van der Waals surface area contributed by atoms with E-state index in [1.165, 1.54) is 0 Å². The molecule has 96 valence electrons. The van der Waals surface area contributed by atoms with Gasteiger partial charge in [0, 0.05) is 12.6 Å². The smallest absolute Gasteiger partial charge is 0.183 e. The molecule has 0 fully saturated rings. The molecule has 0 amide bonds. The maximum absolute atomic E-state index is 13.2. The fourth-order valence-corrected chi connectivity index (χ4v) is 2.38. The van der Waals surface area contributed by atoms with Crippen molar-refractivity contribution in [3.8, 4) is 0 Å². The van der Waals surface area contributed by atoms with Crippen molar-refractivity contribution in [3.05, 3.63) is 29.8 Å². The van der Waals surface area contributed by atoms with Crippen LogP contribution >= 0.6 is 0 Å². The fraction of sp³-hybridized carbons (Fsp3) is 0.400. The van der Waals surface area contributed by atoms with Gasteiger partial charge in [0.1, 0.15) is 16.5 Å². The molecule has 1 aromatic rings. The summed E-state index contributed by atoms with van der Waals surface area (Å²) in [5.74, 6) is -2.28. The van der Waals surface area contributed by atoms with E-state index in [0.29, 0.717) is 6.07 Å². The van der Waals surface area contributed by atoms with E-state index in [0.717, 1.165) is 12.1 Å². The van der Waals surface area contributed by atoms with Crippen molar-refractivity contribution in [1.82, 2.24) is 0 Å². The Morgan fingerprint density at radius 1 is 1.24 bits per heavy atom. The van der Waals surface area contributed by atoms with Crippen LogP contribution in [0.25, 0.3) is 0 Å². The van der Waals surface area contributed by atoms with Gasteiger partial charge in [-0.05, 0) is 12.1 Å². The van der Waals surface area contributed by atoms with Crippen LogP contribution in [0.15, 0.2) is 23.1 Å². The quantitative estimate of drug-likeness (QED) is 0.607. The number of rotatable bonds is 6. The van der Waals surface area contributed by atoms with E-state index in [2.05, 4.69) is 0 Å². The molecule has 17 heavy (non-hydrogen) atoms. The number of hydrogen-bond acceptors (Lipinski definition) is 4. The first kappa shape index (κ1) is 14.0. The van der Waals surface area contributed by atoms with E-state index >= 15 is 0 Å². The lowest BCUT2D eigenvalue weighted by atomic mass is 10.3. The van der Waals surface area contributed by atoms with Gasteiger partial charge in [-0.3, -0.25) is 0 Å². The van der Waals surface area contributed by atoms with Crippen LogP contribution in [-0.2, 0) is 14.6 Å². The Balaban J connectivity index is 2.76. The highest BCUT2D eigenvalue weighted by Crippen LogP contribution is 2.16. The van der Waals surface area contributed by atoms with Crippen LogP contribution in [0.2, 0.25) is 0 Å². The molecular weight excluding hydrogens is 252 g/mol. The number of nitrogens with two attached hydrogens (primary N) is 1. The lowest BCUT2D eigenvalue weighted by Crippen LogP contribution is -2.17. The van der Waals surface area contributed by atoms with Gasteiger partial charge in [0.25, 0.3) is 0 Å². The molecule has 0 aliphatic heterocycles. The number of ether oxygens (including phenoxy) is 1. The Morgan fingerprint density at radius 3 is 2.53 bits per heavy atom. The minimum atomic E-state index is -3.80. The van der Waals surface area contributed by atoms with Crippen LogP contribution in [0.3, 0.4) is 0 Å². The molecule has 0 spiro atoms. The summed E-state index contributed by atoms with van der Waals surface area (Å²) in [6.07, 6.45) is 0. The van der Waals surface area contributed by atoms with Crippen molar-refractivity contribution in [2.45, 2.75) is 4.90 Å². The van der Waals surface area contributed by atoms with Crippen molar-refractivity contribution in [1.29, 1.82) is 0 Å². The Kier molecular flexibility index (Phi) is 4.98. The maximum atomic E-state index is 13.2. The van der Waals surface area contributed by atoms with Crippen LogP contribution in [0.4, 0.5) is 8.78 Å². The highest BCUT2D eigenvalue weighted by molar-refractivity contribution is 7.91. The lowest BCUT2D eigenvalue weighted by Gasteiger charge is -2.06. The van der Waals surface area contributed by atoms with E-state index in [1.807, 2.05) is 0 Å².